The number of hydrogen-bond donors (Lipinski definition) is 2. The first kappa shape index (κ1) is 42.3. The number of carbonyl (C=O) groups excluding carboxylic acids is 3. The number of anilines is 4. The van der Waals surface area contributed by atoms with Crippen LogP contribution in [-0.2, 0) is 17.8 Å². The van der Waals surface area contributed by atoms with Gasteiger partial charge in [-0.25, -0.2) is 14.2 Å². The molecule has 0 aliphatic rings. The molecule has 0 fully saturated rings. The van der Waals surface area contributed by atoms with Crippen molar-refractivity contribution in [2.75, 3.05) is 10.6 Å². The summed E-state index contributed by atoms with van der Waals surface area (Å²) in [5.41, 5.74) is 3.00. The molecule has 0 spiro atoms. The van der Waals surface area contributed by atoms with Crippen molar-refractivity contribution in [2.45, 2.75) is 86.9 Å². The summed E-state index contributed by atoms with van der Waals surface area (Å²) in [4.78, 5) is 72.3. The smallest absolute Gasteiger partial charge is 0.360 e. The van der Waals surface area contributed by atoms with Crippen molar-refractivity contribution in [3.63, 3.8) is 0 Å². The zero-order chi connectivity index (χ0) is 42.1. The molecule has 58 heavy (non-hydrogen) atoms. The number of pyridine rings is 2. The fraction of sp³-hybridized carbons (Fsp3) is 0.295. The Morgan fingerprint density at radius 1 is 0.724 bits per heavy atom. The van der Waals surface area contributed by atoms with Gasteiger partial charge in [-0.3, -0.25) is 29.1 Å². The number of aryl methyl sites for hydroxylation is 3. The van der Waals surface area contributed by atoms with E-state index in [1.54, 1.807) is 44.7 Å². The zero-order valence-electron chi connectivity index (χ0n) is 34.0. The monoisotopic (exact) mass is 784 g/mol. The topological polar surface area (TPSA) is 180 Å². The van der Waals surface area contributed by atoms with Gasteiger partial charge < -0.3 is 15.4 Å². The second kappa shape index (κ2) is 18.9. The third-order valence-corrected chi connectivity index (χ3v) is 9.69. The lowest BCUT2D eigenvalue weighted by molar-refractivity contribution is 0.0325. The van der Waals surface area contributed by atoms with Gasteiger partial charge in [-0.1, -0.05) is 68.4 Å². The van der Waals surface area contributed by atoms with E-state index >= 15 is 0 Å². The maximum absolute atomic E-state index is 13.0. The van der Waals surface area contributed by atoms with Gasteiger partial charge in [-0.15, -0.1) is 0 Å². The van der Waals surface area contributed by atoms with E-state index in [2.05, 4.69) is 30.8 Å². The Morgan fingerprint density at radius 2 is 1.31 bits per heavy atom. The van der Waals surface area contributed by atoms with E-state index in [1.165, 1.54) is 18.5 Å². The van der Waals surface area contributed by atoms with Gasteiger partial charge in [0.1, 0.15) is 17.5 Å². The third-order valence-electron chi connectivity index (χ3n) is 9.69. The van der Waals surface area contributed by atoms with Crippen LogP contribution in [0.3, 0.4) is 0 Å². The number of benzene rings is 2. The molecule has 0 bridgehead atoms. The normalized spacial score (nSPS) is 11.9. The number of nitrogens with one attached hydrogen (secondary N) is 2. The molecule has 4 heterocycles. The van der Waals surface area contributed by atoms with E-state index in [0.717, 1.165) is 33.0 Å². The Bertz CT molecular complexity index is 2580. The Kier molecular flexibility index (Phi) is 13.8. The van der Waals surface area contributed by atoms with Gasteiger partial charge >= 0.3 is 5.97 Å². The number of carbonyl (C=O) groups is 3. The van der Waals surface area contributed by atoms with Crippen LogP contribution in [0, 0.1) is 6.92 Å². The van der Waals surface area contributed by atoms with E-state index in [0.29, 0.717) is 29.2 Å². The van der Waals surface area contributed by atoms with E-state index in [4.69, 9.17) is 4.74 Å². The van der Waals surface area contributed by atoms with Gasteiger partial charge in [0.05, 0.1) is 40.6 Å². The maximum Gasteiger partial charge on any atom is 0.360 e. The first-order valence-corrected chi connectivity index (χ1v) is 19.2. The van der Waals surface area contributed by atoms with Crippen molar-refractivity contribution in [1.29, 1.82) is 0 Å². The number of rotatable bonds is 13. The highest BCUT2D eigenvalue weighted by molar-refractivity contribution is 6.08. The molecule has 14 nitrogen and oxygen atoms in total. The van der Waals surface area contributed by atoms with Crippen molar-refractivity contribution in [1.82, 2.24) is 29.5 Å². The van der Waals surface area contributed by atoms with Crippen LogP contribution in [0.5, 0.6) is 0 Å². The quantitative estimate of drug-likeness (QED) is 0.0850. The number of hydrogen-bond acceptors (Lipinski definition) is 12. The predicted octanol–water partition coefficient (Wildman–Crippen LogP) is 8.10. The van der Waals surface area contributed by atoms with Crippen LogP contribution in [-0.4, -0.2) is 47.1 Å². The van der Waals surface area contributed by atoms with Crippen LogP contribution in [0.15, 0.2) is 95.0 Å². The van der Waals surface area contributed by atoms with Gasteiger partial charge in [-0.2, -0.15) is 10.2 Å². The van der Waals surface area contributed by atoms with Crippen LogP contribution >= 0.6 is 0 Å². The van der Waals surface area contributed by atoms with Gasteiger partial charge in [0.15, 0.2) is 17.3 Å². The summed E-state index contributed by atoms with van der Waals surface area (Å²) < 4.78 is 8.11. The summed E-state index contributed by atoms with van der Waals surface area (Å²) in [6.07, 6.45) is 6.88. The lowest BCUT2D eigenvalue weighted by atomic mass is 9.96. The summed E-state index contributed by atoms with van der Waals surface area (Å²) in [7, 11) is 0. The van der Waals surface area contributed by atoms with Crippen LogP contribution in [0.2, 0.25) is 0 Å². The maximum atomic E-state index is 13.0. The average Bonchev–Trinajstić information content (AvgIpc) is 3.22. The molecule has 0 amide bonds. The highest BCUT2D eigenvalue weighted by atomic mass is 16.5. The van der Waals surface area contributed by atoms with Crippen molar-refractivity contribution < 1.29 is 19.1 Å². The minimum atomic E-state index is -0.783. The summed E-state index contributed by atoms with van der Waals surface area (Å²) in [5, 5.41) is 16.7. The Balaban J connectivity index is 0.000000223. The van der Waals surface area contributed by atoms with E-state index in [-0.39, 0.29) is 46.4 Å². The Morgan fingerprint density at radius 3 is 1.93 bits per heavy atom. The van der Waals surface area contributed by atoms with E-state index in [1.807, 2.05) is 82.3 Å². The lowest BCUT2D eigenvalue weighted by Gasteiger charge is -2.19. The summed E-state index contributed by atoms with van der Waals surface area (Å²) in [6.45, 7) is 14.6. The summed E-state index contributed by atoms with van der Waals surface area (Å²) in [6, 6.07) is 18.8. The molecule has 0 saturated heterocycles. The molecule has 6 aromatic rings. The van der Waals surface area contributed by atoms with E-state index in [9.17, 15) is 24.0 Å². The summed E-state index contributed by atoms with van der Waals surface area (Å²) in [5.74, 6) is -1.37. The van der Waals surface area contributed by atoms with Crippen molar-refractivity contribution in [3.8, 4) is 0 Å². The van der Waals surface area contributed by atoms with E-state index < -0.39 is 23.4 Å². The molecular formula is C44H48N8O6. The van der Waals surface area contributed by atoms with Crippen molar-refractivity contribution >= 4 is 51.1 Å². The first-order chi connectivity index (χ1) is 27.8. The molecule has 0 aliphatic heterocycles. The fourth-order valence-electron chi connectivity index (χ4n) is 6.29. The molecule has 0 saturated carbocycles. The van der Waals surface area contributed by atoms with Gasteiger partial charge in [-0.05, 0) is 65.2 Å². The zero-order valence-corrected chi connectivity index (χ0v) is 34.0. The third kappa shape index (κ3) is 9.23. The number of fused-ring (bicyclic) bond motifs is 1. The van der Waals surface area contributed by atoms with Gasteiger partial charge in [0.25, 0.3) is 11.1 Å². The standard InChI is InChI=1S/C23H24N4O4.C21H24N4O2/c1-5-27-22(29)20(25-18-13-24-12-11-14(18)2)19(15(3)28)21(26-27)23(30)31-16(4)17-9-7-6-8-10-17;1-5-13(3)19-18(14(4)26)20(21(27)25(6-2)24-19)23-17-12-22-11-15-9-7-8-10-16(15)17/h6-13,16,25H,5H2,1-4H3;7-13,23H,5-6H2,1-4H3. The summed E-state index contributed by atoms with van der Waals surface area (Å²) >= 11 is 0. The SMILES string of the molecule is CCC(C)c1nn(CC)c(=O)c(Nc2cncc3ccccc23)c1C(C)=O.CCn1nc(C(=O)OC(C)c2ccccc2)c(C(C)=O)c(Nc2cnccc2C)c1=O. The molecule has 4 aromatic heterocycles. The molecule has 14 heteroatoms. The van der Waals surface area contributed by atoms with Crippen LogP contribution in [0.4, 0.5) is 22.7 Å². The fourth-order valence-corrected chi connectivity index (χ4v) is 6.29. The first-order valence-electron chi connectivity index (χ1n) is 19.2. The van der Waals surface area contributed by atoms with Gasteiger partial charge in [0.2, 0.25) is 0 Å². The predicted molar refractivity (Wildman–Crippen MR) is 225 cm³/mol. The van der Waals surface area contributed by atoms with Crippen molar-refractivity contribution in [3.05, 3.63) is 140 Å². The molecule has 300 valence electrons. The highest BCUT2D eigenvalue weighted by Crippen LogP contribution is 2.30. The molecule has 2 unspecified atom stereocenters. The number of esters is 1. The molecule has 2 N–H and O–H groups in total. The minimum Gasteiger partial charge on any atom is -0.453 e. The van der Waals surface area contributed by atoms with Crippen LogP contribution in [0.25, 0.3) is 10.8 Å². The number of aromatic nitrogens is 6. The Labute approximate surface area is 336 Å². The second-order valence-electron chi connectivity index (χ2n) is 13.7. The molecule has 6 rings (SSSR count). The lowest BCUT2D eigenvalue weighted by Crippen LogP contribution is -2.31. The van der Waals surface area contributed by atoms with Gasteiger partial charge in [0, 0.05) is 42.2 Å². The van der Waals surface area contributed by atoms with Crippen LogP contribution < -0.4 is 21.8 Å². The average molecular weight is 785 g/mol. The Hall–Kier alpha value is -6.83. The number of Topliss-reactive ketones (excluding diaryl/α,β-unsaturated/α-hetero) is 2. The largest absolute Gasteiger partial charge is 0.453 e. The number of nitrogens with zero attached hydrogens (tertiary/aromatic N) is 6. The number of ether oxygens (including phenoxy) is 1. The van der Waals surface area contributed by atoms with Crippen LogP contribution in [0.1, 0.15) is 115 Å². The molecule has 2 aromatic carbocycles. The molecule has 2 atom stereocenters. The number of ketones is 2. The molecule has 0 radical (unpaired) electrons. The second-order valence-corrected chi connectivity index (χ2v) is 13.7. The highest BCUT2D eigenvalue weighted by Gasteiger charge is 2.28. The minimum absolute atomic E-state index is 0.0280. The molecular weight excluding hydrogens is 737 g/mol. The van der Waals surface area contributed by atoms with Crippen molar-refractivity contribution in [2.24, 2.45) is 0 Å². The molecule has 0 aliphatic carbocycles.